The lowest BCUT2D eigenvalue weighted by molar-refractivity contribution is 0.586. The van der Waals surface area contributed by atoms with E-state index in [9.17, 15) is 0 Å². The Labute approximate surface area is 332 Å². The summed E-state index contributed by atoms with van der Waals surface area (Å²) in [6.07, 6.45) is 0. The van der Waals surface area contributed by atoms with Crippen LogP contribution in [0.1, 0.15) is 0 Å². The van der Waals surface area contributed by atoms with Crippen molar-refractivity contribution in [2.75, 3.05) is 9.80 Å². The molecule has 0 fully saturated rings. The fraction of sp³-hybridized carbons (Fsp3) is 0. The highest BCUT2D eigenvalue weighted by Gasteiger charge is 2.26. The van der Waals surface area contributed by atoms with Gasteiger partial charge < -0.3 is 9.80 Å². The van der Waals surface area contributed by atoms with E-state index in [4.69, 9.17) is 0 Å². The SMILES string of the molecule is Fc1cc(F)c(N(c2ccccc2)c2ccc3ccc4c(N(c5ccccc5)c5cc(-c6ccccc6)c(F)cc5F)ccc5ccc2c3c54)cc1-c1ccccc1. The molecule has 58 heavy (non-hydrogen) atoms. The second kappa shape index (κ2) is 14.3. The summed E-state index contributed by atoms with van der Waals surface area (Å²) in [6, 6.07) is 58.4. The van der Waals surface area contributed by atoms with E-state index in [1.165, 1.54) is 0 Å². The Balaban J connectivity index is 1.22. The highest BCUT2D eigenvalue weighted by Crippen LogP contribution is 2.49. The van der Waals surface area contributed by atoms with E-state index in [2.05, 4.69) is 0 Å². The Morgan fingerprint density at radius 2 is 0.638 bits per heavy atom. The van der Waals surface area contributed by atoms with Crippen LogP contribution in [0.25, 0.3) is 54.6 Å². The zero-order valence-corrected chi connectivity index (χ0v) is 30.9. The van der Waals surface area contributed by atoms with Crippen molar-refractivity contribution in [3.8, 4) is 22.3 Å². The third-order valence-corrected chi connectivity index (χ3v) is 10.9. The van der Waals surface area contributed by atoms with Crippen molar-refractivity contribution < 1.29 is 17.6 Å². The zero-order valence-electron chi connectivity index (χ0n) is 30.9. The summed E-state index contributed by atoms with van der Waals surface area (Å²) in [5.74, 6) is -2.72. The summed E-state index contributed by atoms with van der Waals surface area (Å²) in [4.78, 5) is 3.67. The first-order valence-corrected chi connectivity index (χ1v) is 18.9. The van der Waals surface area contributed by atoms with Gasteiger partial charge in [-0.1, -0.05) is 133 Å². The van der Waals surface area contributed by atoms with Crippen LogP contribution in [0.2, 0.25) is 0 Å². The van der Waals surface area contributed by atoms with Gasteiger partial charge in [-0.2, -0.15) is 0 Å². The van der Waals surface area contributed by atoms with Crippen LogP contribution in [0.15, 0.2) is 194 Å². The van der Waals surface area contributed by atoms with Crippen molar-refractivity contribution in [1.29, 1.82) is 0 Å². The summed E-state index contributed by atoms with van der Waals surface area (Å²) >= 11 is 0. The average Bonchev–Trinajstić information content (AvgIpc) is 3.26. The first-order valence-electron chi connectivity index (χ1n) is 18.9. The Morgan fingerprint density at radius 1 is 0.293 bits per heavy atom. The smallest absolute Gasteiger partial charge is 0.150 e. The van der Waals surface area contributed by atoms with Crippen LogP contribution in [0.3, 0.4) is 0 Å². The van der Waals surface area contributed by atoms with Gasteiger partial charge in [0.1, 0.15) is 23.3 Å². The first-order chi connectivity index (χ1) is 28.4. The summed E-state index contributed by atoms with van der Waals surface area (Å²) in [7, 11) is 0. The number of hydrogen-bond donors (Lipinski definition) is 0. The maximum absolute atomic E-state index is 16.3. The van der Waals surface area contributed by atoms with Crippen molar-refractivity contribution in [2.24, 2.45) is 0 Å². The molecule has 0 aliphatic rings. The van der Waals surface area contributed by atoms with Crippen molar-refractivity contribution in [2.45, 2.75) is 0 Å². The van der Waals surface area contributed by atoms with Crippen molar-refractivity contribution in [1.82, 2.24) is 0 Å². The third-order valence-electron chi connectivity index (χ3n) is 10.9. The molecule has 2 nitrogen and oxygen atoms in total. The predicted molar refractivity (Wildman–Crippen MR) is 230 cm³/mol. The molecule has 0 saturated heterocycles. The average molecular weight is 761 g/mol. The van der Waals surface area contributed by atoms with Gasteiger partial charge in [0.05, 0.1) is 22.7 Å². The van der Waals surface area contributed by atoms with Crippen LogP contribution in [0, 0.1) is 23.3 Å². The largest absolute Gasteiger partial charge is 0.307 e. The van der Waals surface area contributed by atoms with Crippen LogP contribution in [-0.4, -0.2) is 0 Å². The van der Waals surface area contributed by atoms with Gasteiger partial charge in [-0.25, -0.2) is 17.6 Å². The first kappa shape index (κ1) is 35.0. The molecule has 0 atom stereocenters. The Hall–Kier alpha value is -7.44. The molecule has 0 saturated carbocycles. The molecule has 0 heterocycles. The van der Waals surface area contributed by atoms with Crippen LogP contribution in [0.4, 0.5) is 51.7 Å². The molecule has 6 heteroatoms. The molecule has 0 unspecified atom stereocenters. The zero-order chi connectivity index (χ0) is 39.3. The van der Waals surface area contributed by atoms with Crippen LogP contribution in [0.5, 0.6) is 0 Å². The molecule has 10 aromatic carbocycles. The normalized spacial score (nSPS) is 11.4. The Morgan fingerprint density at radius 3 is 1.02 bits per heavy atom. The molecule has 0 aromatic heterocycles. The van der Waals surface area contributed by atoms with Gasteiger partial charge in [0.2, 0.25) is 0 Å². The van der Waals surface area contributed by atoms with E-state index in [1.807, 2.05) is 155 Å². The van der Waals surface area contributed by atoms with Gasteiger partial charge in [0, 0.05) is 45.4 Å². The quantitative estimate of drug-likeness (QED) is 0.112. The minimum atomic E-state index is -0.705. The van der Waals surface area contributed by atoms with Crippen LogP contribution in [-0.2, 0) is 0 Å². The number of anilines is 6. The molecule has 10 rings (SSSR count). The van der Waals surface area contributed by atoms with Gasteiger partial charge in [0.15, 0.2) is 0 Å². The fourth-order valence-electron chi connectivity index (χ4n) is 8.23. The molecule has 278 valence electrons. The van der Waals surface area contributed by atoms with Gasteiger partial charge >= 0.3 is 0 Å². The van der Waals surface area contributed by atoms with E-state index in [0.717, 1.165) is 44.5 Å². The van der Waals surface area contributed by atoms with E-state index in [0.29, 0.717) is 33.9 Å². The minimum Gasteiger partial charge on any atom is -0.307 e. The highest BCUT2D eigenvalue weighted by atomic mass is 19.1. The maximum atomic E-state index is 16.3. The molecule has 0 radical (unpaired) electrons. The monoisotopic (exact) mass is 760 g/mol. The summed E-state index contributed by atoms with van der Waals surface area (Å²) in [5.41, 5.74) is 4.99. The molecule has 0 N–H and O–H groups in total. The van der Waals surface area contributed by atoms with Gasteiger partial charge in [-0.3, -0.25) is 0 Å². The fourth-order valence-corrected chi connectivity index (χ4v) is 8.23. The predicted octanol–water partition coefficient (Wildman–Crippen LogP) is 15.4. The molecule has 0 bridgehead atoms. The van der Waals surface area contributed by atoms with E-state index >= 15 is 17.6 Å². The molecule has 0 aliphatic carbocycles. The Kier molecular flexibility index (Phi) is 8.60. The second-order valence-corrected chi connectivity index (χ2v) is 14.2. The van der Waals surface area contributed by atoms with E-state index < -0.39 is 23.3 Å². The number of rotatable bonds is 8. The lowest BCUT2D eigenvalue weighted by Crippen LogP contribution is -2.13. The maximum Gasteiger partial charge on any atom is 0.150 e. The van der Waals surface area contributed by atoms with Crippen molar-refractivity contribution in [3.63, 3.8) is 0 Å². The standard InChI is InChI=1S/C52H32F4N2/c53-43-31-45(55)49(29-41(43)33-13-5-1-6-14-33)57(37-17-9-3-10-18-37)47-27-23-35-22-26-40-48(28-24-36-21-25-39(47)51(35)52(36)40)58(38-19-11-4-12-20-38)50-30-42(44(54)32-46(50)56)34-15-7-2-8-16-34/h1-32H. The minimum absolute atomic E-state index is 0.193. The number of para-hydroxylation sites is 2. The molecular weight excluding hydrogens is 729 g/mol. The topological polar surface area (TPSA) is 6.48 Å². The molecular formula is C52H32F4N2. The number of benzene rings is 10. The van der Waals surface area contributed by atoms with Crippen molar-refractivity contribution in [3.05, 3.63) is 217 Å². The van der Waals surface area contributed by atoms with Gasteiger partial charge in [0.25, 0.3) is 0 Å². The molecule has 10 aromatic rings. The number of nitrogens with zero attached hydrogens (tertiary/aromatic N) is 2. The summed E-state index contributed by atoms with van der Waals surface area (Å²) in [5, 5.41) is 5.45. The summed E-state index contributed by atoms with van der Waals surface area (Å²) < 4.78 is 63.6. The van der Waals surface area contributed by atoms with E-state index in [1.54, 1.807) is 36.4 Å². The molecule has 0 aliphatic heterocycles. The number of hydrogen-bond acceptors (Lipinski definition) is 2. The second-order valence-electron chi connectivity index (χ2n) is 14.2. The summed E-state index contributed by atoms with van der Waals surface area (Å²) in [6.45, 7) is 0. The number of halogens is 4. The highest BCUT2D eigenvalue weighted by molar-refractivity contribution is 6.28. The lowest BCUT2D eigenvalue weighted by Gasteiger charge is -2.30. The lowest BCUT2D eigenvalue weighted by atomic mass is 9.91. The van der Waals surface area contributed by atoms with Gasteiger partial charge in [-0.15, -0.1) is 0 Å². The third kappa shape index (κ3) is 5.89. The molecule has 0 spiro atoms. The Bertz CT molecular complexity index is 2890. The van der Waals surface area contributed by atoms with Crippen LogP contribution < -0.4 is 9.80 Å². The van der Waals surface area contributed by atoms with Crippen molar-refractivity contribution >= 4 is 66.4 Å². The van der Waals surface area contributed by atoms with Crippen LogP contribution >= 0.6 is 0 Å². The van der Waals surface area contributed by atoms with E-state index in [-0.39, 0.29) is 22.5 Å². The van der Waals surface area contributed by atoms with Gasteiger partial charge in [-0.05, 0) is 81.2 Å². The molecule has 0 amide bonds.